The van der Waals surface area contributed by atoms with Crippen molar-refractivity contribution in [2.24, 2.45) is 0 Å². The molecule has 0 atom stereocenters. The fourth-order valence-electron chi connectivity index (χ4n) is 3.72. The summed E-state index contributed by atoms with van der Waals surface area (Å²) in [6.45, 7) is 0. The molecule has 9 heteroatoms. The molecule has 0 unspecified atom stereocenters. The van der Waals surface area contributed by atoms with E-state index < -0.39 is 0 Å². The smallest absolute Gasteiger partial charge is 0.159 e. The van der Waals surface area contributed by atoms with Gasteiger partial charge in [-0.15, -0.1) is 0 Å². The lowest BCUT2D eigenvalue weighted by Gasteiger charge is -2.02. The van der Waals surface area contributed by atoms with Crippen LogP contribution in [0, 0.1) is 5.82 Å². The van der Waals surface area contributed by atoms with Crippen LogP contribution in [0.5, 0.6) is 5.75 Å². The van der Waals surface area contributed by atoms with Crippen molar-refractivity contribution in [1.82, 2.24) is 35.1 Å². The fraction of sp³-hybridized carbons (Fsp3) is 0. The van der Waals surface area contributed by atoms with Gasteiger partial charge in [-0.3, -0.25) is 20.1 Å². The summed E-state index contributed by atoms with van der Waals surface area (Å²) in [5.41, 5.74) is 4.73. The zero-order valence-corrected chi connectivity index (χ0v) is 16.4. The van der Waals surface area contributed by atoms with Crippen LogP contribution >= 0.6 is 0 Å². The van der Waals surface area contributed by atoms with Crippen LogP contribution in [-0.4, -0.2) is 40.2 Å². The van der Waals surface area contributed by atoms with E-state index in [-0.39, 0.29) is 11.6 Å². The van der Waals surface area contributed by atoms with Crippen molar-refractivity contribution in [3.8, 4) is 39.8 Å². The van der Waals surface area contributed by atoms with Gasteiger partial charge in [0.25, 0.3) is 0 Å². The molecular formula is C23H14FN7O. The van der Waals surface area contributed by atoms with Gasteiger partial charge in [0.15, 0.2) is 5.82 Å². The Morgan fingerprint density at radius 3 is 2.69 bits per heavy atom. The zero-order valence-electron chi connectivity index (χ0n) is 16.4. The number of fused-ring (bicyclic) bond motifs is 2. The van der Waals surface area contributed by atoms with E-state index in [4.69, 9.17) is 4.98 Å². The first-order valence-electron chi connectivity index (χ1n) is 9.76. The molecule has 6 rings (SSSR count). The second-order valence-electron chi connectivity index (χ2n) is 7.24. The maximum Gasteiger partial charge on any atom is 0.159 e. The quantitative estimate of drug-likeness (QED) is 0.387. The van der Waals surface area contributed by atoms with Crippen molar-refractivity contribution in [1.29, 1.82) is 0 Å². The van der Waals surface area contributed by atoms with Gasteiger partial charge in [-0.2, -0.15) is 5.10 Å². The third-order valence-electron chi connectivity index (χ3n) is 5.22. The van der Waals surface area contributed by atoms with Gasteiger partial charge in [0.2, 0.25) is 0 Å². The number of aromatic hydroxyl groups is 1. The fourth-order valence-corrected chi connectivity index (χ4v) is 3.72. The third-order valence-corrected chi connectivity index (χ3v) is 5.22. The molecule has 0 saturated carbocycles. The number of hydrogen-bond acceptors (Lipinski definition) is 6. The number of aromatic nitrogens is 7. The van der Waals surface area contributed by atoms with Crippen LogP contribution in [0.3, 0.4) is 0 Å². The number of pyridine rings is 3. The van der Waals surface area contributed by atoms with Gasteiger partial charge < -0.3 is 10.1 Å². The van der Waals surface area contributed by atoms with Crippen molar-refractivity contribution in [2.75, 3.05) is 0 Å². The van der Waals surface area contributed by atoms with Crippen LogP contribution in [0.25, 0.3) is 56.0 Å². The molecule has 0 aliphatic carbocycles. The van der Waals surface area contributed by atoms with Crippen LogP contribution in [0.1, 0.15) is 0 Å². The number of hydrogen-bond donors (Lipinski definition) is 3. The normalized spacial score (nSPS) is 11.4. The molecule has 0 amide bonds. The number of halogens is 1. The molecule has 0 saturated heterocycles. The number of H-pyrrole nitrogens is 2. The van der Waals surface area contributed by atoms with E-state index in [2.05, 4.69) is 30.1 Å². The molecule has 0 radical (unpaired) electrons. The van der Waals surface area contributed by atoms with Gasteiger partial charge in [-0.05, 0) is 30.3 Å². The molecule has 0 aliphatic rings. The predicted molar refractivity (Wildman–Crippen MR) is 117 cm³/mol. The van der Waals surface area contributed by atoms with Crippen LogP contribution in [-0.2, 0) is 0 Å². The average Bonchev–Trinajstić information content (AvgIpc) is 3.43. The summed E-state index contributed by atoms with van der Waals surface area (Å²) in [4.78, 5) is 20.8. The molecule has 0 spiro atoms. The molecule has 154 valence electrons. The standard InChI is InChI=1S/C23H14FN7O/c24-16-4-2-1-3-14(16)20-22-17(5-6-26-20)28-23(29-22)21-15-8-18(27-11-19(15)30-31-21)12-7-13(32)10-25-9-12/h1-11,32H,(H,28,29)(H,30,31). The number of imidazole rings is 1. The van der Waals surface area contributed by atoms with Gasteiger partial charge in [0.05, 0.1) is 29.1 Å². The van der Waals surface area contributed by atoms with E-state index in [1.165, 1.54) is 12.3 Å². The highest BCUT2D eigenvalue weighted by Gasteiger charge is 2.18. The Hall–Kier alpha value is -4.66. The van der Waals surface area contributed by atoms with E-state index in [0.29, 0.717) is 39.5 Å². The number of rotatable bonds is 3. The average molecular weight is 423 g/mol. The summed E-state index contributed by atoms with van der Waals surface area (Å²) >= 11 is 0. The highest BCUT2D eigenvalue weighted by molar-refractivity contribution is 5.96. The Morgan fingerprint density at radius 1 is 0.906 bits per heavy atom. The minimum atomic E-state index is -0.363. The number of benzene rings is 1. The molecular weight excluding hydrogens is 409 g/mol. The highest BCUT2D eigenvalue weighted by Crippen LogP contribution is 2.32. The molecule has 0 aliphatic heterocycles. The van der Waals surface area contributed by atoms with Crippen molar-refractivity contribution < 1.29 is 9.50 Å². The van der Waals surface area contributed by atoms with Crippen molar-refractivity contribution >= 4 is 21.9 Å². The maximum absolute atomic E-state index is 14.4. The van der Waals surface area contributed by atoms with Gasteiger partial charge in [0.1, 0.15) is 28.5 Å². The van der Waals surface area contributed by atoms with Gasteiger partial charge >= 0.3 is 0 Å². The maximum atomic E-state index is 14.4. The second kappa shape index (κ2) is 6.95. The first-order valence-corrected chi connectivity index (χ1v) is 9.76. The molecule has 0 bridgehead atoms. The lowest BCUT2D eigenvalue weighted by atomic mass is 10.1. The van der Waals surface area contributed by atoms with E-state index in [9.17, 15) is 9.50 Å². The largest absolute Gasteiger partial charge is 0.506 e. The van der Waals surface area contributed by atoms with E-state index in [1.54, 1.807) is 48.9 Å². The monoisotopic (exact) mass is 423 g/mol. The minimum Gasteiger partial charge on any atom is -0.506 e. The number of aromatic amines is 2. The van der Waals surface area contributed by atoms with Crippen molar-refractivity contribution in [2.45, 2.75) is 0 Å². The van der Waals surface area contributed by atoms with Crippen molar-refractivity contribution in [3.63, 3.8) is 0 Å². The van der Waals surface area contributed by atoms with Crippen molar-refractivity contribution in [3.05, 3.63) is 73.1 Å². The van der Waals surface area contributed by atoms with E-state index >= 15 is 0 Å². The van der Waals surface area contributed by atoms with Gasteiger partial charge in [0, 0.05) is 28.9 Å². The zero-order chi connectivity index (χ0) is 21.7. The summed E-state index contributed by atoms with van der Waals surface area (Å²) in [5.74, 6) is 0.211. The Labute approximate surface area is 179 Å². The first kappa shape index (κ1) is 18.1. The lowest BCUT2D eigenvalue weighted by molar-refractivity contribution is 0.473. The molecule has 3 N–H and O–H groups in total. The third kappa shape index (κ3) is 2.87. The van der Waals surface area contributed by atoms with E-state index in [1.807, 2.05) is 6.07 Å². The summed E-state index contributed by atoms with van der Waals surface area (Å²) < 4.78 is 14.4. The molecule has 8 nitrogen and oxygen atoms in total. The van der Waals surface area contributed by atoms with Crippen LogP contribution in [0.2, 0.25) is 0 Å². The van der Waals surface area contributed by atoms with Gasteiger partial charge in [-0.25, -0.2) is 9.37 Å². The Balaban J connectivity index is 1.52. The SMILES string of the molecule is Oc1cncc(-c2cc3c(-c4nc5c(-c6ccccc6F)nccc5[nH]4)n[nH]c3cn2)c1. The molecule has 6 aromatic rings. The molecule has 32 heavy (non-hydrogen) atoms. The molecule has 5 aromatic heterocycles. The Kier molecular flexibility index (Phi) is 3.94. The van der Waals surface area contributed by atoms with Crippen LogP contribution in [0.4, 0.5) is 4.39 Å². The Morgan fingerprint density at radius 2 is 1.81 bits per heavy atom. The predicted octanol–water partition coefficient (Wildman–Crippen LogP) is 4.47. The van der Waals surface area contributed by atoms with Crippen LogP contribution in [0.15, 0.2) is 67.3 Å². The summed E-state index contributed by atoms with van der Waals surface area (Å²) in [5, 5.41) is 17.9. The summed E-state index contributed by atoms with van der Waals surface area (Å²) in [7, 11) is 0. The molecule has 1 aromatic carbocycles. The number of nitrogens with one attached hydrogen (secondary N) is 2. The minimum absolute atomic E-state index is 0.0577. The van der Waals surface area contributed by atoms with Crippen LogP contribution < -0.4 is 0 Å². The summed E-state index contributed by atoms with van der Waals surface area (Å²) in [6, 6.07) is 11.7. The molecule has 5 heterocycles. The first-order chi connectivity index (χ1) is 15.7. The summed E-state index contributed by atoms with van der Waals surface area (Å²) in [6.07, 6.45) is 6.27. The highest BCUT2D eigenvalue weighted by atomic mass is 19.1. The second-order valence-corrected chi connectivity index (χ2v) is 7.24. The topological polar surface area (TPSA) is 116 Å². The van der Waals surface area contributed by atoms with E-state index in [0.717, 1.165) is 16.4 Å². The lowest BCUT2D eigenvalue weighted by Crippen LogP contribution is -1.89. The molecule has 0 fully saturated rings. The van der Waals surface area contributed by atoms with Gasteiger partial charge in [-0.1, -0.05) is 12.1 Å². The Bertz CT molecular complexity index is 1620. The number of nitrogens with zero attached hydrogens (tertiary/aromatic N) is 5.